The minimum absolute atomic E-state index is 0.0337. The molecule has 2 rings (SSSR count). The van der Waals surface area contributed by atoms with Gasteiger partial charge in [-0.3, -0.25) is 4.98 Å². The summed E-state index contributed by atoms with van der Waals surface area (Å²) in [6.07, 6.45) is 1.99. The van der Waals surface area contributed by atoms with Crippen LogP contribution in [0.25, 0.3) is 0 Å². The molecule has 0 N–H and O–H groups in total. The largest absolute Gasteiger partial charge is 0.491 e. The Labute approximate surface area is 190 Å². The highest BCUT2D eigenvalue weighted by Crippen LogP contribution is 2.35. The molecule has 0 saturated carbocycles. The maximum atomic E-state index is 6.20. The molecule has 1 aromatic heterocycles. The zero-order valence-electron chi connectivity index (χ0n) is 21.4. The standard InChI is InChI=1S/C28H43NO2/c1-20(24-14-12-22(18-29-24)27(5,6)7)19-30-15-16-31-25-17-21(26(2,3)4)11-13-23(25)28(8,9)10/h11-14,17-18,20H,15-16,19H2,1-10H3. The van der Waals surface area contributed by atoms with Crippen molar-refractivity contribution in [3.63, 3.8) is 0 Å². The van der Waals surface area contributed by atoms with Gasteiger partial charge in [-0.25, -0.2) is 0 Å². The predicted octanol–water partition coefficient (Wildman–Crippen LogP) is 7.17. The van der Waals surface area contributed by atoms with Gasteiger partial charge < -0.3 is 9.47 Å². The van der Waals surface area contributed by atoms with Crippen LogP contribution in [0.15, 0.2) is 36.5 Å². The number of rotatable bonds is 7. The number of pyridine rings is 1. The molecule has 1 atom stereocenters. The first-order valence-electron chi connectivity index (χ1n) is 11.5. The Morgan fingerprint density at radius 1 is 0.774 bits per heavy atom. The van der Waals surface area contributed by atoms with E-state index in [0.29, 0.717) is 19.8 Å². The molecule has 0 aliphatic carbocycles. The molecule has 1 aromatic carbocycles. The molecule has 1 heterocycles. The summed E-state index contributed by atoms with van der Waals surface area (Å²) in [7, 11) is 0. The quantitative estimate of drug-likeness (QED) is 0.440. The van der Waals surface area contributed by atoms with Gasteiger partial charge >= 0.3 is 0 Å². The fourth-order valence-electron chi connectivity index (χ4n) is 3.42. The van der Waals surface area contributed by atoms with E-state index < -0.39 is 0 Å². The molecule has 0 spiro atoms. The van der Waals surface area contributed by atoms with E-state index in [1.54, 1.807) is 0 Å². The molecule has 172 valence electrons. The lowest BCUT2D eigenvalue weighted by molar-refractivity contribution is 0.0909. The van der Waals surface area contributed by atoms with Crippen molar-refractivity contribution in [3.8, 4) is 5.75 Å². The summed E-state index contributed by atoms with van der Waals surface area (Å²) in [6, 6.07) is 10.9. The molecule has 3 heteroatoms. The van der Waals surface area contributed by atoms with Gasteiger partial charge in [-0.1, -0.05) is 87.4 Å². The highest BCUT2D eigenvalue weighted by atomic mass is 16.5. The molecule has 0 aliphatic rings. The second kappa shape index (κ2) is 9.73. The van der Waals surface area contributed by atoms with Crippen LogP contribution in [0, 0.1) is 0 Å². The lowest BCUT2D eigenvalue weighted by Crippen LogP contribution is -2.18. The van der Waals surface area contributed by atoms with Gasteiger partial charge in [0.05, 0.1) is 13.2 Å². The van der Waals surface area contributed by atoms with Crippen molar-refractivity contribution in [3.05, 3.63) is 58.9 Å². The summed E-state index contributed by atoms with van der Waals surface area (Å²) in [4.78, 5) is 4.65. The lowest BCUT2D eigenvalue weighted by Gasteiger charge is -2.26. The minimum atomic E-state index is 0.0337. The molecule has 31 heavy (non-hydrogen) atoms. The smallest absolute Gasteiger partial charge is 0.123 e. The summed E-state index contributed by atoms with van der Waals surface area (Å²) in [5, 5.41) is 0. The average molecular weight is 426 g/mol. The first kappa shape index (κ1) is 25.4. The van der Waals surface area contributed by atoms with Crippen molar-refractivity contribution < 1.29 is 9.47 Å². The Hall–Kier alpha value is -1.87. The van der Waals surface area contributed by atoms with Crippen molar-refractivity contribution in [2.24, 2.45) is 0 Å². The molecule has 2 aromatic rings. The molecule has 3 nitrogen and oxygen atoms in total. The fourth-order valence-corrected chi connectivity index (χ4v) is 3.42. The van der Waals surface area contributed by atoms with Crippen molar-refractivity contribution in [2.75, 3.05) is 19.8 Å². The Balaban J connectivity index is 1.92. The van der Waals surface area contributed by atoms with Crippen LogP contribution in [0.2, 0.25) is 0 Å². The summed E-state index contributed by atoms with van der Waals surface area (Å²) < 4.78 is 12.1. The average Bonchev–Trinajstić information content (AvgIpc) is 2.65. The maximum Gasteiger partial charge on any atom is 0.123 e. The number of hydrogen-bond donors (Lipinski definition) is 0. The molecule has 0 saturated heterocycles. The lowest BCUT2D eigenvalue weighted by atomic mass is 9.81. The second-order valence-electron chi connectivity index (χ2n) is 11.8. The van der Waals surface area contributed by atoms with Crippen LogP contribution in [0.3, 0.4) is 0 Å². The van der Waals surface area contributed by atoms with Gasteiger partial charge in [0.2, 0.25) is 0 Å². The molecule has 0 fully saturated rings. The van der Waals surface area contributed by atoms with Crippen LogP contribution < -0.4 is 4.74 Å². The molecule has 0 amide bonds. The van der Waals surface area contributed by atoms with Crippen molar-refractivity contribution >= 4 is 0 Å². The van der Waals surface area contributed by atoms with Crippen LogP contribution in [0.5, 0.6) is 5.75 Å². The van der Waals surface area contributed by atoms with Gasteiger partial charge in [-0.2, -0.15) is 0 Å². The zero-order valence-corrected chi connectivity index (χ0v) is 21.4. The Morgan fingerprint density at radius 2 is 1.39 bits per heavy atom. The van der Waals surface area contributed by atoms with Gasteiger partial charge in [0.1, 0.15) is 12.4 Å². The van der Waals surface area contributed by atoms with Gasteiger partial charge in [0, 0.05) is 17.8 Å². The van der Waals surface area contributed by atoms with E-state index in [2.05, 4.69) is 105 Å². The van der Waals surface area contributed by atoms with Crippen LogP contribution in [-0.2, 0) is 21.0 Å². The Kier molecular flexibility index (Phi) is 7.97. The van der Waals surface area contributed by atoms with E-state index in [4.69, 9.17) is 9.47 Å². The maximum absolute atomic E-state index is 6.20. The number of ether oxygens (including phenoxy) is 2. The van der Waals surface area contributed by atoms with Crippen LogP contribution >= 0.6 is 0 Å². The van der Waals surface area contributed by atoms with E-state index in [1.165, 1.54) is 16.7 Å². The number of nitrogens with zero attached hydrogens (tertiary/aromatic N) is 1. The molecular formula is C28H43NO2. The zero-order chi connectivity index (χ0) is 23.4. The summed E-state index contributed by atoms with van der Waals surface area (Å²) in [5.41, 5.74) is 5.10. The van der Waals surface area contributed by atoms with E-state index in [9.17, 15) is 0 Å². The van der Waals surface area contributed by atoms with Crippen LogP contribution in [-0.4, -0.2) is 24.8 Å². The normalized spacial score (nSPS) is 13.9. The van der Waals surface area contributed by atoms with Crippen molar-refractivity contribution in [2.45, 2.75) is 91.4 Å². The van der Waals surface area contributed by atoms with E-state index in [1.807, 2.05) is 6.20 Å². The van der Waals surface area contributed by atoms with Crippen LogP contribution in [0.4, 0.5) is 0 Å². The van der Waals surface area contributed by atoms with Crippen LogP contribution in [0.1, 0.15) is 97.5 Å². The SMILES string of the molecule is CC(COCCOc1cc(C(C)(C)C)ccc1C(C)(C)C)c1ccc(C(C)(C)C)cn1. The highest BCUT2D eigenvalue weighted by molar-refractivity contribution is 5.43. The van der Waals surface area contributed by atoms with E-state index in [0.717, 1.165) is 11.4 Å². The third kappa shape index (κ3) is 7.35. The topological polar surface area (TPSA) is 31.4 Å². The van der Waals surface area contributed by atoms with E-state index >= 15 is 0 Å². The summed E-state index contributed by atoms with van der Waals surface area (Å²) in [6.45, 7) is 23.9. The highest BCUT2D eigenvalue weighted by Gasteiger charge is 2.22. The van der Waals surface area contributed by atoms with Gasteiger partial charge in [-0.05, 0) is 45.1 Å². The molecular weight excluding hydrogens is 382 g/mol. The molecule has 0 radical (unpaired) electrons. The van der Waals surface area contributed by atoms with Crippen molar-refractivity contribution in [1.82, 2.24) is 4.98 Å². The number of benzene rings is 1. The second-order valence-corrected chi connectivity index (χ2v) is 11.8. The third-order valence-corrected chi connectivity index (χ3v) is 5.67. The number of hydrogen-bond acceptors (Lipinski definition) is 3. The molecule has 0 aliphatic heterocycles. The monoisotopic (exact) mass is 425 g/mol. The summed E-state index contributed by atoms with van der Waals surface area (Å²) >= 11 is 0. The minimum Gasteiger partial charge on any atom is -0.491 e. The Bertz CT molecular complexity index is 833. The fraction of sp³-hybridized carbons (Fsp3) is 0.607. The van der Waals surface area contributed by atoms with Gasteiger partial charge in [-0.15, -0.1) is 0 Å². The van der Waals surface area contributed by atoms with Gasteiger partial charge in [0.25, 0.3) is 0 Å². The van der Waals surface area contributed by atoms with Gasteiger partial charge in [0.15, 0.2) is 0 Å². The third-order valence-electron chi connectivity index (χ3n) is 5.67. The number of aromatic nitrogens is 1. The molecule has 0 bridgehead atoms. The first-order chi connectivity index (χ1) is 14.2. The molecule has 1 unspecified atom stereocenters. The Morgan fingerprint density at radius 3 is 1.90 bits per heavy atom. The predicted molar refractivity (Wildman–Crippen MR) is 132 cm³/mol. The first-order valence-corrected chi connectivity index (χ1v) is 11.5. The van der Waals surface area contributed by atoms with Crippen molar-refractivity contribution in [1.29, 1.82) is 0 Å². The van der Waals surface area contributed by atoms with E-state index in [-0.39, 0.29) is 22.2 Å². The summed E-state index contributed by atoms with van der Waals surface area (Å²) in [5.74, 6) is 1.22.